The molecule has 1 fully saturated rings. The number of anilines is 1. The maximum absolute atomic E-state index is 13.3. The fourth-order valence-corrected chi connectivity index (χ4v) is 2.67. The van der Waals surface area contributed by atoms with Crippen LogP contribution in [-0.4, -0.2) is 6.04 Å². The van der Waals surface area contributed by atoms with Gasteiger partial charge in [0.25, 0.3) is 0 Å². The smallest absolute Gasteiger partial charge is 0.143 e. The summed E-state index contributed by atoms with van der Waals surface area (Å²) in [5.74, 6) is 0.251. The van der Waals surface area contributed by atoms with Crippen LogP contribution in [0, 0.1) is 5.82 Å². The van der Waals surface area contributed by atoms with Crippen molar-refractivity contribution in [3.05, 3.63) is 64.9 Å². The van der Waals surface area contributed by atoms with Crippen molar-refractivity contribution in [2.45, 2.75) is 24.8 Å². The summed E-state index contributed by atoms with van der Waals surface area (Å²) in [6, 6.07) is 15.8. The van der Waals surface area contributed by atoms with Gasteiger partial charge in [-0.25, -0.2) is 4.39 Å². The van der Waals surface area contributed by atoms with E-state index in [2.05, 4.69) is 29.6 Å². The monoisotopic (exact) mass is 275 g/mol. The Hall–Kier alpha value is -1.54. The largest absolute Gasteiger partial charge is 0.382 e. The average Bonchev–Trinajstić information content (AvgIpc) is 2.38. The van der Waals surface area contributed by atoms with Gasteiger partial charge in [0.15, 0.2) is 0 Å². The van der Waals surface area contributed by atoms with Crippen LogP contribution in [0.2, 0.25) is 5.02 Å². The highest BCUT2D eigenvalue weighted by Crippen LogP contribution is 2.38. The first kappa shape index (κ1) is 12.5. The molecule has 1 N–H and O–H groups in total. The zero-order valence-corrected chi connectivity index (χ0v) is 11.2. The molecule has 3 heteroatoms. The van der Waals surface area contributed by atoms with E-state index in [1.807, 2.05) is 12.1 Å². The maximum atomic E-state index is 13.3. The number of benzene rings is 2. The number of hydrogen-bond acceptors (Lipinski definition) is 1. The van der Waals surface area contributed by atoms with E-state index in [0.29, 0.717) is 12.0 Å². The van der Waals surface area contributed by atoms with Crippen LogP contribution in [0.1, 0.15) is 24.3 Å². The molecule has 0 saturated heterocycles. The standard InChI is InChI=1S/C16H15ClFN/c17-15-7-6-13(10-16(15)18)19-14-8-12(9-14)11-4-2-1-3-5-11/h1-7,10,12,14,19H,8-9H2. The molecule has 0 unspecified atom stereocenters. The zero-order valence-electron chi connectivity index (χ0n) is 10.4. The summed E-state index contributed by atoms with van der Waals surface area (Å²) in [6.45, 7) is 0. The fourth-order valence-electron chi connectivity index (χ4n) is 2.55. The van der Waals surface area contributed by atoms with E-state index in [9.17, 15) is 4.39 Å². The predicted octanol–water partition coefficient (Wildman–Crippen LogP) is 4.84. The summed E-state index contributed by atoms with van der Waals surface area (Å²) >= 11 is 5.67. The maximum Gasteiger partial charge on any atom is 0.143 e. The Labute approximate surface area is 117 Å². The fraction of sp³-hybridized carbons (Fsp3) is 0.250. The highest BCUT2D eigenvalue weighted by Gasteiger charge is 2.29. The Morgan fingerprint density at radius 2 is 1.79 bits per heavy atom. The first-order valence-electron chi connectivity index (χ1n) is 6.49. The minimum atomic E-state index is -0.370. The number of halogens is 2. The molecule has 0 aromatic heterocycles. The number of nitrogens with one attached hydrogen (secondary N) is 1. The third-order valence-electron chi connectivity index (χ3n) is 3.70. The molecular formula is C16H15ClFN. The van der Waals surface area contributed by atoms with Gasteiger partial charge in [0, 0.05) is 11.7 Å². The third-order valence-corrected chi connectivity index (χ3v) is 4.01. The van der Waals surface area contributed by atoms with Crippen LogP contribution >= 0.6 is 11.6 Å². The van der Waals surface area contributed by atoms with Gasteiger partial charge >= 0.3 is 0 Å². The van der Waals surface area contributed by atoms with E-state index in [1.54, 1.807) is 6.07 Å². The third kappa shape index (κ3) is 2.74. The van der Waals surface area contributed by atoms with Gasteiger partial charge in [0.1, 0.15) is 5.82 Å². The molecule has 0 atom stereocenters. The van der Waals surface area contributed by atoms with Gasteiger partial charge in [-0.05, 0) is 42.5 Å². The second kappa shape index (κ2) is 5.22. The van der Waals surface area contributed by atoms with Crippen LogP contribution in [0.4, 0.5) is 10.1 Å². The molecule has 98 valence electrons. The van der Waals surface area contributed by atoms with E-state index >= 15 is 0 Å². The van der Waals surface area contributed by atoms with Crippen molar-refractivity contribution in [2.24, 2.45) is 0 Å². The molecule has 0 radical (unpaired) electrons. The van der Waals surface area contributed by atoms with Crippen LogP contribution in [-0.2, 0) is 0 Å². The van der Waals surface area contributed by atoms with E-state index in [0.717, 1.165) is 18.5 Å². The molecule has 0 heterocycles. The molecule has 1 saturated carbocycles. The van der Waals surface area contributed by atoms with Crippen molar-refractivity contribution >= 4 is 17.3 Å². The van der Waals surface area contributed by atoms with E-state index in [-0.39, 0.29) is 10.8 Å². The summed E-state index contributed by atoms with van der Waals surface area (Å²) in [7, 11) is 0. The lowest BCUT2D eigenvalue weighted by molar-refractivity contribution is 0.374. The van der Waals surface area contributed by atoms with Crippen LogP contribution < -0.4 is 5.32 Å². The molecule has 0 bridgehead atoms. The molecule has 3 rings (SSSR count). The molecule has 0 amide bonds. The van der Waals surface area contributed by atoms with Gasteiger partial charge < -0.3 is 5.32 Å². The second-order valence-corrected chi connectivity index (χ2v) is 5.46. The summed E-state index contributed by atoms with van der Waals surface area (Å²) in [5.41, 5.74) is 2.20. The Morgan fingerprint density at radius 3 is 2.47 bits per heavy atom. The SMILES string of the molecule is Fc1cc(NC2CC(c3ccccc3)C2)ccc1Cl. The molecule has 0 aliphatic heterocycles. The lowest BCUT2D eigenvalue weighted by atomic mass is 9.76. The average molecular weight is 276 g/mol. The van der Waals surface area contributed by atoms with Gasteiger partial charge in [-0.3, -0.25) is 0 Å². The molecular weight excluding hydrogens is 261 g/mol. The molecule has 19 heavy (non-hydrogen) atoms. The lowest BCUT2D eigenvalue weighted by Crippen LogP contribution is -2.33. The van der Waals surface area contributed by atoms with Crippen molar-refractivity contribution in [2.75, 3.05) is 5.32 Å². The zero-order chi connectivity index (χ0) is 13.2. The van der Waals surface area contributed by atoms with Gasteiger partial charge in [-0.2, -0.15) is 0 Å². The van der Waals surface area contributed by atoms with Crippen molar-refractivity contribution in [1.29, 1.82) is 0 Å². The van der Waals surface area contributed by atoms with Crippen LogP contribution in [0.25, 0.3) is 0 Å². The van der Waals surface area contributed by atoms with Crippen LogP contribution in [0.3, 0.4) is 0 Å². The van der Waals surface area contributed by atoms with E-state index in [4.69, 9.17) is 11.6 Å². The molecule has 1 nitrogen and oxygen atoms in total. The lowest BCUT2D eigenvalue weighted by Gasteiger charge is -2.37. The molecule has 0 spiro atoms. The summed E-state index contributed by atoms with van der Waals surface area (Å²) in [4.78, 5) is 0. The predicted molar refractivity (Wildman–Crippen MR) is 77.2 cm³/mol. The highest BCUT2D eigenvalue weighted by molar-refractivity contribution is 6.30. The van der Waals surface area contributed by atoms with Crippen LogP contribution in [0.15, 0.2) is 48.5 Å². The number of rotatable bonds is 3. The van der Waals surface area contributed by atoms with Crippen LogP contribution in [0.5, 0.6) is 0 Å². The number of hydrogen-bond donors (Lipinski definition) is 1. The highest BCUT2D eigenvalue weighted by atomic mass is 35.5. The summed E-state index contributed by atoms with van der Waals surface area (Å²) < 4.78 is 13.3. The van der Waals surface area contributed by atoms with Gasteiger partial charge in [0.05, 0.1) is 5.02 Å². The van der Waals surface area contributed by atoms with E-state index in [1.165, 1.54) is 11.6 Å². The molecule has 2 aromatic carbocycles. The topological polar surface area (TPSA) is 12.0 Å². The van der Waals surface area contributed by atoms with Crippen molar-refractivity contribution in [3.8, 4) is 0 Å². The summed E-state index contributed by atoms with van der Waals surface area (Å²) in [6.07, 6.45) is 2.18. The Bertz CT molecular complexity index is 564. The van der Waals surface area contributed by atoms with Crippen molar-refractivity contribution < 1.29 is 4.39 Å². The Morgan fingerprint density at radius 1 is 1.05 bits per heavy atom. The first-order valence-corrected chi connectivity index (χ1v) is 6.86. The quantitative estimate of drug-likeness (QED) is 0.845. The van der Waals surface area contributed by atoms with Gasteiger partial charge in [-0.15, -0.1) is 0 Å². The molecule has 2 aromatic rings. The normalized spacial score (nSPS) is 21.8. The van der Waals surface area contributed by atoms with E-state index < -0.39 is 0 Å². The minimum absolute atomic E-state index is 0.168. The molecule has 1 aliphatic carbocycles. The van der Waals surface area contributed by atoms with Gasteiger partial charge in [0.2, 0.25) is 0 Å². The Kier molecular flexibility index (Phi) is 3.43. The first-order chi connectivity index (χ1) is 9.22. The van der Waals surface area contributed by atoms with Gasteiger partial charge in [-0.1, -0.05) is 41.9 Å². The van der Waals surface area contributed by atoms with Crippen molar-refractivity contribution in [3.63, 3.8) is 0 Å². The van der Waals surface area contributed by atoms with Crippen molar-refractivity contribution in [1.82, 2.24) is 0 Å². The summed E-state index contributed by atoms with van der Waals surface area (Å²) in [5, 5.41) is 3.52. The second-order valence-electron chi connectivity index (χ2n) is 5.05. The molecule has 1 aliphatic rings. The Balaban J connectivity index is 1.58. The minimum Gasteiger partial charge on any atom is -0.382 e.